The number of pyridine rings is 1. The number of aromatic nitrogens is 1. The maximum atomic E-state index is 11.8. The molecule has 2 N–H and O–H groups in total. The minimum atomic E-state index is -0.0462. The van der Waals surface area contributed by atoms with Crippen LogP contribution in [0.25, 0.3) is 10.9 Å². The van der Waals surface area contributed by atoms with Gasteiger partial charge in [0.05, 0.1) is 5.52 Å². The third-order valence-electron chi connectivity index (χ3n) is 4.09. The Hall–Kier alpha value is -2.10. The zero-order valence-electron chi connectivity index (χ0n) is 12.1. The van der Waals surface area contributed by atoms with Crippen molar-refractivity contribution in [2.75, 3.05) is 6.54 Å². The Kier molecular flexibility index (Phi) is 4.34. The minimum absolute atomic E-state index is 0.0462. The van der Waals surface area contributed by atoms with E-state index < -0.39 is 0 Å². The number of hydrogen-bond donors (Lipinski definition) is 2. The van der Waals surface area contributed by atoms with Gasteiger partial charge in [0.1, 0.15) is 0 Å². The van der Waals surface area contributed by atoms with Crippen LogP contribution in [-0.2, 0) is 6.42 Å². The number of fused-ring (bicyclic) bond motifs is 1. The summed E-state index contributed by atoms with van der Waals surface area (Å²) in [6.45, 7) is 0.633. The molecule has 21 heavy (non-hydrogen) atoms. The molecule has 0 radical (unpaired) electrons. The molecule has 4 nitrogen and oxygen atoms in total. The topological polar surface area (TPSA) is 54.0 Å². The van der Waals surface area contributed by atoms with E-state index in [-0.39, 0.29) is 6.03 Å². The highest BCUT2D eigenvalue weighted by molar-refractivity contribution is 5.81. The van der Waals surface area contributed by atoms with E-state index in [0.717, 1.165) is 30.2 Å². The van der Waals surface area contributed by atoms with Crippen molar-refractivity contribution >= 4 is 16.9 Å². The van der Waals surface area contributed by atoms with E-state index >= 15 is 0 Å². The van der Waals surface area contributed by atoms with Crippen molar-refractivity contribution in [1.29, 1.82) is 0 Å². The summed E-state index contributed by atoms with van der Waals surface area (Å²) in [6, 6.07) is 10.5. The van der Waals surface area contributed by atoms with Crippen LogP contribution >= 0.6 is 0 Å². The molecule has 2 amide bonds. The first kappa shape index (κ1) is 13.9. The van der Waals surface area contributed by atoms with Crippen LogP contribution < -0.4 is 10.6 Å². The highest BCUT2D eigenvalue weighted by Gasteiger charge is 2.16. The van der Waals surface area contributed by atoms with E-state index in [1.54, 1.807) is 0 Å². The predicted molar refractivity (Wildman–Crippen MR) is 84.2 cm³/mol. The number of benzene rings is 1. The molecular weight excluding hydrogens is 262 g/mol. The van der Waals surface area contributed by atoms with Gasteiger partial charge >= 0.3 is 6.03 Å². The molecular formula is C17H21N3O. The molecule has 2 aromatic rings. The summed E-state index contributed by atoms with van der Waals surface area (Å²) in [7, 11) is 0. The van der Waals surface area contributed by atoms with Gasteiger partial charge in [0.2, 0.25) is 0 Å². The number of para-hydroxylation sites is 1. The van der Waals surface area contributed by atoms with Crippen LogP contribution in [0.15, 0.2) is 36.5 Å². The molecule has 0 aliphatic heterocycles. The number of carbonyl (C=O) groups excluding carboxylic acids is 1. The quantitative estimate of drug-likeness (QED) is 0.906. The predicted octanol–water partition coefficient (Wildman–Crippen LogP) is 3.02. The highest BCUT2D eigenvalue weighted by atomic mass is 16.2. The first-order chi connectivity index (χ1) is 10.3. The monoisotopic (exact) mass is 283 g/mol. The van der Waals surface area contributed by atoms with E-state index in [0.29, 0.717) is 12.6 Å². The van der Waals surface area contributed by atoms with E-state index in [2.05, 4.69) is 33.8 Å². The number of rotatable bonds is 4. The standard InChI is InChI=1S/C17H21N3O/c21-17(20-15-8-1-2-9-15)19-12-10-14-6-3-5-13-7-4-11-18-16(13)14/h3-7,11,15H,1-2,8-10,12H2,(H2,19,20,21). The highest BCUT2D eigenvalue weighted by Crippen LogP contribution is 2.17. The fourth-order valence-electron chi connectivity index (χ4n) is 2.99. The first-order valence-electron chi connectivity index (χ1n) is 7.70. The first-order valence-corrected chi connectivity index (χ1v) is 7.70. The summed E-state index contributed by atoms with van der Waals surface area (Å²) in [5.74, 6) is 0. The average molecular weight is 283 g/mol. The maximum Gasteiger partial charge on any atom is 0.315 e. The van der Waals surface area contributed by atoms with Gasteiger partial charge in [-0.2, -0.15) is 0 Å². The molecule has 3 rings (SSSR count). The molecule has 110 valence electrons. The lowest BCUT2D eigenvalue weighted by Gasteiger charge is -2.13. The molecule has 0 spiro atoms. The lowest BCUT2D eigenvalue weighted by molar-refractivity contribution is 0.237. The largest absolute Gasteiger partial charge is 0.338 e. The van der Waals surface area contributed by atoms with Crippen LogP contribution in [-0.4, -0.2) is 23.6 Å². The summed E-state index contributed by atoms with van der Waals surface area (Å²) in [5.41, 5.74) is 2.20. The van der Waals surface area contributed by atoms with Crippen LogP contribution in [0.3, 0.4) is 0 Å². The smallest absolute Gasteiger partial charge is 0.315 e. The number of amides is 2. The van der Waals surface area contributed by atoms with Crippen molar-refractivity contribution in [1.82, 2.24) is 15.6 Å². The Bertz CT molecular complexity index is 615. The number of carbonyl (C=O) groups is 1. The fourth-order valence-corrected chi connectivity index (χ4v) is 2.99. The van der Waals surface area contributed by atoms with Crippen molar-refractivity contribution in [3.05, 3.63) is 42.1 Å². The molecule has 1 aromatic heterocycles. The molecule has 0 bridgehead atoms. The van der Waals surface area contributed by atoms with E-state index in [4.69, 9.17) is 0 Å². The molecule has 0 atom stereocenters. The number of hydrogen-bond acceptors (Lipinski definition) is 2. The van der Waals surface area contributed by atoms with E-state index in [1.165, 1.54) is 18.4 Å². The number of nitrogens with zero attached hydrogens (tertiary/aromatic N) is 1. The van der Waals surface area contributed by atoms with E-state index in [9.17, 15) is 4.79 Å². The third-order valence-corrected chi connectivity index (χ3v) is 4.09. The minimum Gasteiger partial charge on any atom is -0.338 e. The van der Waals surface area contributed by atoms with Gasteiger partial charge in [-0.05, 0) is 30.9 Å². The van der Waals surface area contributed by atoms with Crippen LogP contribution in [0, 0.1) is 0 Å². The average Bonchev–Trinajstić information content (AvgIpc) is 3.00. The van der Waals surface area contributed by atoms with Crippen LogP contribution in [0.2, 0.25) is 0 Å². The summed E-state index contributed by atoms with van der Waals surface area (Å²) < 4.78 is 0. The third kappa shape index (κ3) is 3.51. The molecule has 0 saturated heterocycles. The second-order valence-corrected chi connectivity index (χ2v) is 5.62. The SMILES string of the molecule is O=C(NCCc1cccc2cccnc12)NC1CCCC1. The van der Waals surface area contributed by atoms with Crippen molar-refractivity contribution in [3.63, 3.8) is 0 Å². The summed E-state index contributed by atoms with van der Waals surface area (Å²) in [6.07, 6.45) is 7.29. The lowest BCUT2D eigenvalue weighted by Crippen LogP contribution is -2.41. The van der Waals surface area contributed by atoms with Crippen molar-refractivity contribution in [3.8, 4) is 0 Å². The van der Waals surface area contributed by atoms with Crippen LogP contribution in [0.4, 0.5) is 4.79 Å². The van der Waals surface area contributed by atoms with Crippen LogP contribution in [0.1, 0.15) is 31.2 Å². The summed E-state index contributed by atoms with van der Waals surface area (Å²) in [4.78, 5) is 16.2. The second-order valence-electron chi connectivity index (χ2n) is 5.62. The molecule has 1 aromatic carbocycles. The lowest BCUT2D eigenvalue weighted by atomic mass is 10.1. The van der Waals surface area contributed by atoms with Crippen molar-refractivity contribution in [2.24, 2.45) is 0 Å². The van der Waals surface area contributed by atoms with Gasteiger partial charge in [0, 0.05) is 24.2 Å². The van der Waals surface area contributed by atoms with Gasteiger partial charge in [-0.25, -0.2) is 4.79 Å². The Morgan fingerprint density at radius 1 is 1.19 bits per heavy atom. The summed E-state index contributed by atoms with van der Waals surface area (Å²) >= 11 is 0. The molecule has 1 aliphatic carbocycles. The maximum absolute atomic E-state index is 11.8. The molecule has 1 heterocycles. The van der Waals surface area contributed by atoms with Crippen molar-refractivity contribution in [2.45, 2.75) is 38.1 Å². The molecule has 1 saturated carbocycles. The van der Waals surface area contributed by atoms with Gasteiger partial charge in [-0.3, -0.25) is 4.98 Å². The Morgan fingerprint density at radius 3 is 2.86 bits per heavy atom. The normalized spacial score (nSPS) is 15.2. The number of urea groups is 1. The van der Waals surface area contributed by atoms with E-state index in [1.807, 2.05) is 18.3 Å². The van der Waals surface area contributed by atoms with Gasteiger partial charge in [0.25, 0.3) is 0 Å². The Labute approximate surface area is 125 Å². The van der Waals surface area contributed by atoms with Gasteiger partial charge in [0.15, 0.2) is 0 Å². The zero-order valence-corrected chi connectivity index (χ0v) is 12.1. The molecule has 4 heteroatoms. The Balaban J connectivity index is 1.53. The zero-order chi connectivity index (χ0) is 14.5. The molecule has 1 aliphatic rings. The second kappa shape index (κ2) is 6.57. The number of nitrogens with one attached hydrogen (secondary N) is 2. The van der Waals surface area contributed by atoms with Crippen LogP contribution in [0.5, 0.6) is 0 Å². The molecule has 0 unspecified atom stereocenters. The molecule has 1 fully saturated rings. The summed E-state index contributed by atoms with van der Waals surface area (Å²) in [5, 5.41) is 7.13. The van der Waals surface area contributed by atoms with Gasteiger partial charge in [-0.1, -0.05) is 37.1 Å². The van der Waals surface area contributed by atoms with Gasteiger partial charge in [-0.15, -0.1) is 0 Å². The van der Waals surface area contributed by atoms with Gasteiger partial charge < -0.3 is 10.6 Å². The Morgan fingerprint density at radius 2 is 2.00 bits per heavy atom. The van der Waals surface area contributed by atoms with Crippen molar-refractivity contribution < 1.29 is 4.79 Å². The fraction of sp³-hybridized carbons (Fsp3) is 0.412.